The van der Waals surface area contributed by atoms with Crippen LogP contribution in [0.2, 0.25) is 5.02 Å². The molecule has 2 saturated heterocycles. The minimum Gasteiger partial charge on any atom is -0.453 e. The van der Waals surface area contributed by atoms with Gasteiger partial charge in [-0.05, 0) is 56.1 Å². The number of hydrogen-bond donors (Lipinski definition) is 4. The van der Waals surface area contributed by atoms with Crippen molar-refractivity contribution in [3.8, 4) is 33.6 Å². The van der Waals surface area contributed by atoms with Crippen LogP contribution in [0.15, 0.2) is 42.7 Å². The van der Waals surface area contributed by atoms with Crippen LogP contribution in [0.3, 0.4) is 0 Å². The maximum absolute atomic E-state index is 13.6. The van der Waals surface area contributed by atoms with Gasteiger partial charge in [-0.15, -0.1) is 0 Å². The van der Waals surface area contributed by atoms with Crippen LogP contribution in [0.4, 0.5) is 15.3 Å². The molecule has 6 rings (SSSR count). The summed E-state index contributed by atoms with van der Waals surface area (Å²) in [6.45, 7) is 10.1. The largest absolute Gasteiger partial charge is 0.453 e. The van der Waals surface area contributed by atoms with Crippen molar-refractivity contribution in [3.05, 3.63) is 75.1 Å². The number of aromatic nitrogens is 4. The van der Waals surface area contributed by atoms with E-state index in [1.165, 1.54) is 14.2 Å². The van der Waals surface area contributed by atoms with E-state index in [1.54, 1.807) is 47.3 Å². The molecule has 4 amide bonds. The molecule has 2 fully saturated rings. The van der Waals surface area contributed by atoms with Gasteiger partial charge in [0.15, 0.2) is 0 Å². The van der Waals surface area contributed by atoms with Crippen molar-refractivity contribution >= 4 is 41.3 Å². The first-order valence-corrected chi connectivity index (χ1v) is 20.0. The smallest absolute Gasteiger partial charge is 0.407 e. The summed E-state index contributed by atoms with van der Waals surface area (Å²) in [7, 11) is 2.50. The van der Waals surface area contributed by atoms with Gasteiger partial charge in [0, 0.05) is 42.2 Å². The molecule has 0 aliphatic carbocycles. The lowest BCUT2D eigenvalue weighted by molar-refractivity contribution is -0.384. The van der Waals surface area contributed by atoms with Crippen molar-refractivity contribution in [2.24, 2.45) is 11.8 Å². The number of carbonyl (C=O) groups excluding carboxylic acids is 4. The highest BCUT2D eigenvalue weighted by Gasteiger charge is 2.39. The molecular formula is C41H50ClN9O8. The van der Waals surface area contributed by atoms with E-state index in [0.29, 0.717) is 65.7 Å². The van der Waals surface area contributed by atoms with E-state index < -0.39 is 35.2 Å². The molecule has 0 saturated carbocycles. The number of H-pyrrole nitrogens is 2. The molecule has 4 heterocycles. The van der Waals surface area contributed by atoms with E-state index in [9.17, 15) is 29.3 Å². The van der Waals surface area contributed by atoms with Crippen molar-refractivity contribution in [1.82, 2.24) is 40.4 Å². The Hall–Kier alpha value is -5.97. The number of ether oxygens (including phenoxy) is 2. The second-order valence-corrected chi connectivity index (χ2v) is 15.9. The van der Waals surface area contributed by atoms with Gasteiger partial charge in [-0.1, -0.05) is 63.6 Å². The standard InChI is InChI=1S/C41H50ClN9O8/c1-21(2)33(47-40(54)58-6)38(52)49-16-8-10-30(49)36-43-19-28(45-36)24-12-14-25(15-13-24)32-27(42)18-26(23(5)35(32)51(56)57)29-20-44-37(46-29)31-11-9-17-50(31)39(53)34(22(3)4)48-41(55)59-7/h12-15,18-22,30-31,33-34H,8-11,16-17H2,1-7H3,(H,43,45)(H,44,46)(H,47,54)(H,48,55)/t30-,31-,33-,34-/m0/s1. The maximum atomic E-state index is 13.6. The molecule has 2 aromatic heterocycles. The molecule has 18 heteroatoms. The Labute approximate surface area is 346 Å². The number of amides is 4. The van der Waals surface area contributed by atoms with Gasteiger partial charge in [0.2, 0.25) is 11.8 Å². The number of nitrogens with zero attached hydrogens (tertiary/aromatic N) is 5. The number of halogens is 1. The minimum absolute atomic E-state index is 0.162. The summed E-state index contributed by atoms with van der Waals surface area (Å²) in [4.78, 5) is 82.9. The van der Waals surface area contributed by atoms with E-state index >= 15 is 0 Å². The van der Waals surface area contributed by atoms with Gasteiger partial charge in [0.05, 0.1) is 53.2 Å². The second-order valence-electron chi connectivity index (χ2n) is 15.5. The molecule has 17 nitrogen and oxygen atoms in total. The highest BCUT2D eigenvalue weighted by molar-refractivity contribution is 6.34. The predicted octanol–water partition coefficient (Wildman–Crippen LogP) is 7.09. The summed E-state index contributed by atoms with van der Waals surface area (Å²) in [6.07, 6.45) is 4.90. The molecule has 2 aliphatic rings. The monoisotopic (exact) mass is 831 g/mol. The number of likely N-dealkylation sites (tertiary alicyclic amines) is 2. The van der Waals surface area contributed by atoms with Gasteiger partial charge in [-0.2, -0.15) is 0 Å². The van der Waals surface area contributed by atoms with Crippen LogP contribution in [0, 0.1) is 28.9 Å². The van der Waals surface area contributed by atoms with Crippen molar-refractivity contribution in [2.45, 2.75) is 84.5 Å². The molecule has 4 atom stereocenters. The van der Waals surface area contributed by atoms with Crippen LogP contribution in [0.5, 0.6) is 0 Å². The molecule has 2 aliphatic heterocycles. The average Bonchev–Trinajstić information content (AvgIpc) is 4.05. The molecule has 4 aromatic rings. The minimum atomic E-state index is -0.790. The van der Waals surface area contributed by atoms with Crippen LogP contribution in [0.25, 0.3) is 33.6 Å². The van der Waals surface area contributed by atoms with Gasteiger partial charge in [-0.3, -0.25) is 19.7 Å². The number of methoxy groups -OCH3 is 2. The molecule has 0 radical (unpaired) electrons. The van der Waals surface area contributed by atoms with Gasteiger partial charge < -0.3 is 39.9 Å². The van der Waals surface area contributed by atoms with Gasteiger partial charge in [0.1, 0.15) is 23.7 Å². The van der Waals surface area contributed by atoms with E-state index in [-0.39, 0.29) is 46.0 Å². The summed E-state index contributed by atoms with van der Waals surface area (Å²) < 4.78 is 9.48. The van der Waals surface area contributed by atoms with Crippen molar-refractivity contribution in [2.75, 3.05) is 27.3 Å². The number of rotatable bonds is 12. The first-order valence-electron chi connectivity index (χ1n) is 19.6. The number of aromatic amines is 2. The van der Waals surface area contributed by atoms with Gasteiger partial charge >= 0.3 is 12.2 Å². The second kappa shape index (κ2) is 17.9. The van der Waals surface area contributed by atoms with Gasteiger partial charge in [0.25, 0.3) is 5.69 Å². The lowest BCUT2D eigenvalue weighted by Gasteiger charge is -2.30. The molecule has 314 valence electrons. The van der Waals surface area contributed by atoms with E-state index in [1.807, 2.05) is 39.8 Å². The topological polar surface area (TPSA) is 218 Å². The van der Waals surface area contributed by atoms with Crippen LogP contribution >= 0.6 is 11.6 Å². The number of imidazole rings is 2. The first-order chi connectivity index (χ1) is 28.1. The van der Waals surface area contributed by atoms with E-state index in [4.69, 9.17) is 31.0 Å². The number of hydrogen-bond acceptors (Lipinski definition) is 10. The van der Waals surface area contributed by atoms with Gasteiger partial charge in [-0.25, -0.2) is 19.6 Å². The van der Waals surface area contributed by atoms with E-state index in [0.717, 1.165) is 18.4 Å². The van der Waals surface area contributed by atoms with Crippen molar-refractivity contribution < 1.29 is 33.6 Å². The summed E-state index contributed by atoms with van der Waals surface area (Å²) in [5.41, 5.74) is 3.28. The SMILES string of the molecule is COC(=O)N[C@H](C(=O)N1CCC[C@H]1c1nc(-c2ccc(-c3c(Cl)cc(-c4c[nH]c([C@@H]5CCCN5C(=O)[C@@H](NC(=O)OC)C(C)C)n4)c(C)c3[N+](=O)[O-])cc2)c[nH]1)C(C)C. The first kappa shape index (κ1) is 42.6. The van der Waals surface area contributed by atoms with Crippen molar-refractivity contribution in [1.29, 1.82) is 0 Å². The van der Waals surface area contributed by atoms with Crippen molar-refractivity contribution in [3.63, 3.8) is 0 Å². The number of benzene rings is 2. The summed E-state index contributed by atoms with van der Waals surface area (Å²) in [6, 6.07) is 6.56. The zero-order chi connectivity index (χ0) is 42.7. The molecule has 2 aromatic carbocycles. The number of carbonyl (C=O) groups is 4. The van der Waals surface area contributed by atoms with E-state index in [2.05, 4.69) is 20.6 Å². The molecular weight excluding hydrogens is 782 g/mol. The van der Waals surface area contributed by atoms with Crippen LogP contribution in [-0.4, -0.2) is 98.1 Å². The number of nitrogens with one attached hydrogen (secondary N) is 4. The fraction of sp³-hybridized carbons (Fsp3) is 0.463. The Morgan fingerprint density at radius 2 is 1.27 bits per heavy atom. The summed E-state index contributed by atoms with van der Waals surface area (Å²) >= 11 is 6.88. The van der Waals surface area contributed by atoms with Crippen LogP contribution in [-0.2, 0) is 19.1 Å². The third-order valence-corrected chi connectivity index (χ3v) is 11.4. The highest BCUT2D eigenvalue weighted by Crippen LogP contribution is 2.44. The average molecular weight is 832 g/mol. The predicted molar refractivity (Wildman–Crippen MR) is 219 cm³/mol. The quantitative estimate of drug-likeness (QED) is 0.0839. The lowest BCUT2D eigenvalue weighted by Crippen LogP contribution is -2.51. The Bertz CT molecular complexity index is 2220. The lowest BCUT2D eigenvalue weighted by atomic mass is 9.95. The zero-order valence-corrected chi connectivity index (χ0v) is 34.9. The highest BCUT2D eigenvalue weighted by atomic mass is 35.5. The molecule has 0 unspecified atom stereocenters. The molecule has 4 N–H and O–H groups in total. The zero-order valence-electron chi connectivity index (χ0n) is 34.1. The molecule has 0 spiro atoms. The summed E-state index contributed by atoms with van der Waals surface area (Å²) in [5.74, 6) is 0.328. The Balaban J connectivity index is 1.23. The fourth-order valence-electron chi connectivity index (χ4n) is 8.00. The Morgan fingerprint density at radius 1 is 0.814 bits per heavy atom. The molecule has 59 heavy (non-hydrogen) atoms. The number of alkyl carbamates (subject to hydrolysis) is 2. The fourth-order valence-corrected chi connectivity index (χ4v) is 8.31. The Kier molecular flexibility index (Phi) is 12.9. The molecule has 0 bridgehead atoms. The normalized spacial score (nSPS) is 17.6. The number of nitro groups is 1. The third-order valence-electron chi connectivity index (χ3n) is 11.1. The Morgan fingerprint density at radius 3 is 1.73 bits per heavy atom. The third kappa shape index (κ3) is 8.75. The maximum Gasteiger partial charge on any atom is 0.407 e. The van der Waals surface area contributed by atoms with Crippen LogP contribution in [0.1, 0.15) is 82.7 Å². The summed E-state index contributed by atoms with van der Waals surface area (Å²) in [5, 5.41) is 18.2. The van der Waals surface area contributed by atoms with Crippen LogP contribution < -0.4 is 10.6 Å². The number of nitro benzene ring substituents is 1.